The summed E-state index contributed by atoms with van der Waals surface area (Å²) in [6.07, 6.45) is 0. The van der Waals surface area contributed by atoms with Gasteiger partial charge in [0.05, 0.1) is 18.0 Å². The molecular weight excluding hydrogens is 188 g/mol. The molecule has 0 aromatic heterocycles. The summed E-state index contributed by atoms with van der Waals surface area (Å²) >= 11 is 0. The molecule has 0 heterocycles. The molecule has 0 unspecified atom stereocenters. The number of nitrogen functional groups attached to an aromatic ring is 1. The van der Waals surface area contributed by atoms with Gasteiger partial charge in [-0.05, 0) is 26.0 Å². The van der Waals surface area contributed by atoms with Gasteiger partial charge in [-0.2, -0.15) is 0 Å². The molecule has 0 saturated carbocycles. The highest BCUT2D eigenvalue weighted by molar-refractivity contribution is 5.67. The van der Waals surface area contributed by atoms with Crippen molar-refractivity contribution < 1.29 is 4.74 Å². The first-order valence-electron chi connectivity index (χ1n) is 5.46. The first-order chi connectivity index (χ1) is 7.29. The van der Waals surface area contributed by atoms with Crippen molar-refractivity contribution in [1.29, 1.82) is 0 Å². The van der Waals surface area contributed by atoms with Crippen LogP contribution in [0.25, 0.3) is 0 Å². The number of hydrogen-bond acceptors (Lipinski definition) is 3. The Labute approximate surface area is 91.8 Å². The van der Waals surface area contributed by atoms with Crippen molar-refractivity contribution in [3.8, 4) is 0 Å². The fraction of sp³-hybridized carbons (Fsp3) is 0.500. The molecule has 3 heteroatoms. The Morgan fingerprint density at radius 2 is 2.00 bits per heavy atom. The monoisotopic (exact) mass is 208 g/mol. The number of anilines is 2. The summed E-state index contributed by atoms with van der Waals surface area (Å²) in [5, 5.41) is 0. The van der Waals surface area contributed by atoms with Crippen LogP contribution in [-0.4, -0.2) is 26.3 Å². The number of nitrogens with zero attached hydrogens (tertiary/aromatic N) is 1. The summed E-state index contributed by atoms with van der Waals surface area (Å²) in [4.78, 5) is 2.23. The summed E-state index contributed by atoms with van der Waals surface area (Å²) in [5.74, 6) is 0. The number of ether oxygens (including phenoxy) is 1. The first-order valence-corrected chi connectivity index (χ1v) is 5.46. The maximum absolute atomic E-state index is 5.92. The van der Waals surface area contributed by atoms with Crippen LogP contribution in [0.5, 0.6) is 0 Å². The molecule has 2 N–H and O–H groups in total. The molecule has 0 bridgehead atoms. The van der Waals surface area contributed by atoms with Gasteiger partial charge in [0.15, 0.2) is 0 Å². The Hall–Kier alpha value is -1.22. The minimum Gasteiger partial charge on any atom is -0.397 e. The summed E-state index contributed by atoms with van der Waals surface area (Å²) in [7, 11) is 0. The summed E-state index contributed by atoms with van der Waals surface area (Å²) in [5.41, 5.74) is 7.85. The van der Waals surface area contributed by atoms with Gasteiger partial charge in [0.25, 0.3) is 0 Å². The Bertz CT molecular complexity index is 289. The third kappa shape index (κ3) is 3.44. The highest BCUT2D eigenvalue weighted by Gasteiger charge is 2.06. The predicted molar refractivity (Wildman–Crippen MR) is 65.2 cm³/mol. The van der Waals surface area contributed by atoms with Crippen molar-refractivity contribution in [2.75, 3.05) is 36.9 Å². The van der Waals surface area contributed by atoms with Crippen LogP contribution in [0, 0.1) is 0 Å². The van der Waals surface area contributed by atoms with Gasteiger partial charge in [-0.25, -0.2) is 0 Å². The third-order valence-corrected chi connectivity index (χ3v) is 2.37. The molecule has 1 aromatic carbocycles. The lowest BCUT2D eigenvalue weighted by Gasteiger charge is -2.24. The van der Waals surface area contributed by atoms with E-state index in [1.54, 1.807) is 0 Å². The number of benzene rings is 1. The van der Waals surface area contributed by atoms with Crippen molar-refractivity contribution in [3.63, 3.8) is 0 Å². The van der Waals surface area contributed by atoms with Crippen LogP contribution in [0.3, 0.4) is 0 Å². The van der Waals surface area contributed by atoms with Gasteiger partial charge in [0.1, 0.15) is 0 Å². The van der Waals surface area contributed by atoms with E-state index in [2.05, 4.69) is 11.8 Å². The zero-order valence-corrected chi connectivity index (χ0v) is 9.57. The Morgan fingerprint density at radius 3 is 2.60 bits per heavy atom. The lowest BCUT2D eigenvalue weighted by Crippen LogP contribution is -2.27. The maximum Gasteiger partial charge on any atom is 0.0641 e. The fourth-order valence-corrected chi connectivity index (χ4v) is 1.54. The van der Waals surface area contributed by atoms with E-state index in [9.17, 15) is 0 Å². The molecule has 0 aliphatic carbocycles. The molecule has 15 heavy (non-hydrogen) atoms. The largest absolute Gasteiger partial charge is 0.397 e. The minimum atomic E-state index is 0.749. The number of rotatable bonds is 6. The van der Waals surface area contributed by atoms with E-state index in [4.69, 9.17) is 10.5 Å². The Balaban J connectivity index is 2.61. The molecule has 0 aliphatic rings. The average Bonchev–Trinajstić information content (AvgIpc) is 2.26. The fourth-order valence-electron chi connectivity index (χ4n) is 1.54. The topological polar surface area (TPSA) is 38.5 Å². The molecule has 0 fully saturated rings. The van der Waals surface area contributed by atoms with Crippen molar-refractivity contribution in [2.24, 2.45) is 0 Å². The third-order valence-electron chi connectivity index (χ3n) is 2.37. The molecule has 3 nitrogen and oxygen atoms in total. The van der Waals surface area contributed by atoms with Crippen LogP contribution in [-0.2, 0) is 4.74 Å². The number of para-hydroxylation sites is 2. The van der Waals surface area contributed by atoms with E-state index < -0.39 is 0 Å². The maximum atomic E-state index is 5.92. The second-order valence-corrected chi connectivity index (χ2v) is 3.34. The summed E-state index contributed by atoms with van der Waals surface area (Å²) in [6, 6.07) is 7.94. The van der Waals surface area contributed by atoms with Gasteiger partial charge in [0, 0.05) is 19.7 Å². The van der Waals surface area contributed by atoms with Crippen LogP contribution in [0.2, 0.25) is 0 Å². The van der Waals surface area contributed by atoms with Crippen molar-refractivity contribution in [3.05, 3.63) is 24.3 Å². The highest BCUT2D eigenvalue weighted by Crippen LogP contribution is 2.21. The van der Waals surface area contributed by atoms with Crippen LogP contribution in [0.1, 0.15) is 13.8 Å². The molecule has 1 rings (SSSR count). The van der Waals surface area contributed by atoms with Crippen LogP contribution in [0.15, 0.2) is 24.3 Å². The molecule has 0 atom stereocenters. The first kappa shape index (κ1) is 11.9. The van der Waals surface area contributed by atoms with E-state index in [0.717, 1.165) is 37.7 Å². The lowest BCUT2D eigenvalue weighted by atomic mass is 10.2. The van der Waals surface area contributed by atoms with E-state index in [-0.39, 0.29) is 0 Å². The highest BCUT2D eigenvalue weighted by atomic mass is 16.5. The van der Waals surface area contributed by atoms with Gasteiger partial charge in [-0.1, -0.05) is 12.1 Å². The summed E-state index contributed by atoms with van der Waals surface area (Å²) < 4.78 is 5.34. The molecule has 84 valence electrons. The molecule has 0 aliphatic heterocycles. The van der Waals surface area contributed by atoms with E-state index in [1.165, 1.54) is 0 Å². The number of hydrogen-bond donors (Lipinski definition) is 1. The van der Waals surface area contributed by atoms with E-state index in [0.29, 0.717) is 0 Å². The molecule has 0 saturated heterocycles. The molecule has 0 radical (unpaired) electrons. The molecule has 0 amide bonds. The van der Waals surface area contributed by atoms with Crippen molar-refractivity contribution in [1.82, 2.24) is 0 Å². The molecule has 1 aromatic rings. The van der Waals surface area contributed by atoms with E-state index >= 15 is 0 Å². The standard InChI is InChI=1S/C12H20N2O/c1-3-14(9-10-15-4-2)12-8-6-5-7-11(12)13/h5-8H,3-4,9-10,13H2,1-2H3. The SMILES string of the molecule is CCOCCN(CC)c1ccccc1N. The predicted octanol–water partition coefficient (Wildman–Crippen LogP) is 2.13. The van der Waals surface area contributed by atoms with E-state index in [1.807, 2.05) is 31.2 Å². The Morgan fingerprint density at radius 1 is 1.27 bits per heavy atom. The van der Waals surface area contributed by atoms with Gasteiger partial charge in [-0.3, -0.25) is 0 Å². The Kier molecular flexibility index (Phi) is 4.98. The van der Waals surface area contributed by atoms with Crippen LogP contribution >= 0.6 is 0 Å². The zero-order valence-electron chi connectivity index (χ0n) is 9.57. The van der Waals surface area contributed by atoms with Gasteiger partial charge >= 0.3 is 0 Å². The minimum absolute atomic E-state index is 0.749. The quantitative estimate of drug-likeness (QED) is 0.575. The zero-order chi connectivity index (χ0) is 11.1. The van der Waals surface area contributed by atoms with Crippen molar-refractivity contribution >= 4 is 11.4 Å². The van der Waals surface area contributed by atoms with Gasteiger partial charge in [-0.15, -0.1) is 0 Å². The number of nitrogens with two attached hydrogens (primary N) is 1. The second-order valence-electron chi connectivity index (χ2n) is 3.34. The lowest BCUT2D eigenvalue weighted by molar-refractivity contribution is 0.154. The van der Waals surface area contributed by atoms with Crippen LogP contribution < -0.4 is 10.6 Å². The normalized spacial score (nSPS) is 10.3. The summed E-state index contributed by atoms with van der Waals surface area (Å²) in [6.45, 7) is 7.48. The van der Waals surface area contributed by atoms with Crippen LogP contribution in [0.4, 0.5) is 11.4 Å². The van der Waals surface area contributed by atoms with Gasteiger partial charge in [0.2, 0.25) is 0 Å². The second kappa shape index (κ2) is 6.30. The van der Waals surface area contributed by atoms with Gasteiger partial charge < -0.3 is 15.4 Å². The number of likely N-dealkylation sites (N-methyl/N-ethyl adjacent to an activating group) is 1. The molecule has 0 spiro atoms. The average molecular weight is 208 g/mol. The molecular formula is C12H20N2O. The van der Waals surface area contributed by atoms with Crippen molar-refractivity contribution in [2.45, 2.75) is 13.8 Å². The smallest absolute Gasteiger partial charge is 0.0641 e.